The summed E-state index contributed by atoms with van der Waals surface area (Å²) in [6.07, 6.45) is 11.8. The zero-order chi connectivity index (χ0) is 19.2. The Morgan fingerprint density at radius 1 is 1.11 bits per heavy atom. The Labute approximate surface area is 165 Å². The quantitative estimate of drug-likeness (QED) is 0.591. The highest BCUT2D eigenvalue weighted by Crippen LogP contribution is 2.65. The molecule has 0 aromatic carbocycles. The van der Waals surface area contributed by atoms with Crippen LogP contribution in [0.3, 0.4) is 0 Å². The van der Waals surface area contributed by atoms with E-state index < -0.39 is 0 Å². The van der Waals surface area contributed by atoms with E-state index in [0.29, 0.717) is 12.0 Å². The summed E-state index contributed by atoms with van der Waals surface area (Å²) in [5.74, 6) is 2.32. The van der Waals surface area contributed by atoms with Gasteiger partial charge in [-0.3, -0.25) is 0 Å². The molecule has 0 amide bonds. The molecule has 0 saturated heterocycles. The summed E-state index contributed by atoms with van der Waals surface area (Å²) >= 11 is 0. The Morgan fingerprint density at radius 2 is 1.93 bits per heavy atom. The number of fused-ring (bicyclic) bond motifs is 5. The van der Waals surface area contributed by atoms with Crippen molar-refractivity contribution >= 4 is 5.71 Å². The second-order valence-electron chi connectivity index (χ2n) is 10.4. The monoisotopic (exact) mass is 374 g/mol. The summed E-state index contributed by atoms with van der Waals surface area (Å²) in [7, 11) is 4.11. The second kappa shape index (κ2) is 7.18. The van der Waals surface area contributed by atoms with E-state index in [-0.39, 0.29) is 11.5 Å². The lowest BCUT2D eigenvalue weighted by Crippen LogP contribution is -2.51. The van der Waals surface area contributed by atoms with Crippen LogP contribution in [0.25, 0.3) is 0 Å². The molecule has 6 atom stereocenters. The first-order chi connectivity index (χ1) is 12.8. The maximum absolute atomic E-state index is 10.6. The Balaban J connectivity index is 1.49. The number of aliphatic hydroxyl groups is 1. The van der Waals surface area contributed by atoms with Crippen LogP contribution in [0.15, 0.2) is 16.8 Å². The van der Waals surface area contributed by atoms with E-state index >= 15 is 0 Å². The van der Waals surface area contributed by atoms with E-state index in [1.54, 1.807) is 5.57 Å². The summed E-state index contributed by atoms with van der Waals surface area (Å²) in [5.41, 5.74) is 3.27. The van der Waals surface area contributed by atoms with Crippen LogP contribution in [0, 0.1) is 28.6 Å². The topological polar surface area (TPSA) is 45.1 Å². The van der Waals surface area contributed by atoms with E-state index in [9.17, 15) is 5.11 Å². The third-order valence-corrected chi connectivity index (χ3v) is 8.74. The molecule has 3 saturated carbocycles. The molecule has 0 aromatic rings. The first-order valence-electron chi connectivity index (χ1n) is 11.1. The molecule has 4 rings (SSSR count). The second-order valence-corrected chi connectivity index (χ2v) is 10.4. The minimum absolute atomic E-state index is 0.0717. The highest BCUT2D eigenvalue weighted by Gasteiger charge is 2.58. The molecule has 0 aromatic heterocycles. The van der Waals surface area contributed by atoms with Crippen LogP contribution in [-0.2, 0) is 4.84 Å². The Kier molecular flexibility index (Phi) is 5.17. The number of nitrogens with zero attached hydrogens (tertiary/aromatic N) is 2. The molecule has 0 bridgehead atoms. The van der Waals surface area contributed by atoms with Crippen LogP contribution >= 0.6 is 0 Å². The number of allylic oxidation sites excluding steroid dienone is 2. The van der Waals surface area contributed by atoms with Crippen molar-refractivity contribution < 1.29 is 9.94 Å². The van der Waals surface area contributed by atoms with E-state index in [1.807, 2.05) is 0 Å². The van der Waals surface area contributed by atoms with Gasteiger partial charge in [0.05, 0.1) is 11.8 Å². The molecule has 0 aliphatic heterocycles. The highest BCUT2D eigenvalue weighted by atomic mass is 16.6. The lowest BCUT2D eigenvalue weighted by Gasteiger charge is -2.57. The highest BCUT2D eigenvalue weighted by molar-refractivity contribution is 5.96. The maximum Gasteiger partial charge on any atom is 0.129 e. The molecule has 4 heteroatoms. The molecular weight excluding hydrogens is 336 g/mol. The van der Waals surface area contributed by atoms with Gasteiger partial charge in [-0.05, 0) is 100 Å². The van der Waals surface area contributed by atoms with Crippen LogP contribution in [0.1, 0.15) is 65.2 Å². The lowest BCUT2D eigenvalue weighted by atomic mass is 9.47. The van der Waals surface area contributed by atoms with Crippen molar-refractivity contribution in [3.8, 4) is 0 Å². The van der Waals surface area contributed by atoms with Gasteiger partial charge in [-0.1, -0.05) is 24.6 Å². The normalized spacial score (nSPS) is 45.3. The van der Waals surface area contributed by atoms with Gasteiger partial charge in [0.25, 0.3) is 0 Å². The van der Waals surface area contributed by atoms with Crippen molar-refractivity contribution in [3.05, 3.63) is 11.6 Å². The lowest BCUT2D eigenvalue weighted by molar-refractivity contribution is -0.0722. The molecule has 3 fully saturated rings. The Hall–Kier alpha value is -0.870. The zero-order valence-electron chi connectivity index (χ0n) is 17.7. The van der Waals surface area contributed by atoms with Gasteiger partial charge in [0.1, 0.15) is 6.61 Å². The molecule has 0 unspecified atom stereocenters. The van der Waals surface area contributed by atoms with Crippen molar-refractivity contribution in [1.82, 2.24) is 4.90 Å². The van der Waals surface area contributed by atoms with Crippen LogP contribution in [0.4, 0.5) is 0 Å². The fourth-order valence-electron chi connectivity index (χ4n) is 6.97. The fraction of sp³-hybridized carbons (Fsp3) is 0.870. The molecule has 27 heavy (non-hydrogen) atoms. The Bertz CT molecular complexity index is 628. The number of aliphatic hydroxyl groups excluding tert-OH is 1. The van der Waals surface area contributed by atoms with Gasteiger partial charge in [0, 0.05) is 6.54 Å². The third kappa shape index (κ3) is 3.27. The summed E-state index contributed by atoms with van der Waals surface area (Å²) < 4.78 is 0. The maximum atomic E-state index is 10.6. The zero-order valence-corrected chi connectivity index (χ0v) is 17.7. The average Bonchev–Trinajstić information content (AvgIpc) is 2.94. The third-order valence-electron chi connectivity index (χ3n) is 8.74. The SMILES string of the molecule is CN(C)CCON=C1C=C2CC[C@H]3[C@@H]4CC[C@H](O)[C@@]4(C)CC[C@@H]3[C@@]2(C)CC1. The van der Waals surface area contributed by atoms with Gasteiger partial charge in [0.15, 0.2) is 0 Å². The van der Waals surface area contributed by atoms with E-state index in [1.165, 1.54) is 38.5 Å². The van der Waals surface area contributed by atoms with Crippen LogP contribution in [0.5, 0.6) is 0 Å². The Morgan fingerprint density at radius 3 is 2.70 bits per heavy atom. The van der Waals surface area contributed by atoms with E-state index in [2.05, 4.69) is 44.1 Å². The molecule has 4 aliphatic rings. The van der Waals surface area contributed by atoms with Crippen molar-refractivity contribution in [3.63, 3.8) is 0 Å². The molecule has 1 N–H and O–H groups in total. The van der Waals surface area contributed by atoms with E-state index in [4.69, 9.17) is 4.84 Å². The minimum Gasteiger partial charge on any atom is -0.394 e. The number of oxime groups is 1. The number of hydrogen-bond donors (Lipinski definition) is 1. The summed E-state index contributed by atoms with van der Waals surface area (Å²) in [6, 6.07) is 0. The van der Waals surface area contributed by atoms with Gasteiger partial charge in [-0.2, -0.15) is 0 Å². The molecule has 0 spiro atoms. The summed E-state index contributed by atoms with van der Waals surface area (Å²) in [4.78, 5) is 7.68. The molecule has 4 aliphatic carbocycles. The van der Waals surface area contributed by atoms with Gasteiger partial charge < -0.3 is 14.8 Å². The number of rotatable bonds is 4. The molecule has 4 nitrogen and oxygen atoms in total. The number of hydrogen-bond acceptors (Lipinski definition) is 4. The molecular formula is C23H38N2O2. The largest absolute Gasteiger partial charge is 0.394 e. The molecule has 0 radical (unpaired) electrons. The van der Waals surface area contributed by atoms with E-state index in [0.717, 1.165) is 42.9 Å². The van der Waals surface area contributed by atoms with Gasteiger partial charge in [-0.15, -0.1) is 0 Å². The first-order valence-corrected chi connectivity index (χ1v) is 11.1. The van der Waals surface area contributed by atoms with Crippen LogP contribution in [-0.4, -0.2) is 49.1 Å². The molecule has 152 valence electrons. The first kappa shape index (κ1) is 19.4. The van der Waals surface area contributed by atoms with Crippen molar-refractivity contribution in [2.45, 2.75) is 71.3 Å². The van der Waals surface area contributed by atoms with Gasteiger partial charge >= 0.3 is 0 Å². The molecule has 0 heterocycles. The number of likely N-dealkylation sites (N-methyl/N-ethyl adjacent to an activating group) is 1. The summed E-state index contributed by atoms with van der Waals surface area (Å²) in [6.45, 7) is 6.45. The van der Waals surface area contributed by atoms with Crippen molar-refractivity contribution in [2.24, 2.45) is 33.7 Å². The smallest absolute Gasteiger partial charge is 0.129 e. The van der Waals surface area contributed by atoms with Crippen molar-refractivity contribution in [2.75, 3.05) is 27.2 Å². The van der Waals surface area contributed by atoms with Crippen molar-refractivity contribution in [1.29, 1.82) is 0 Å². The predicted molar refractivity (Wildman–Crippen MR) is 110 cm³/mol. The van der Waals surface area contributed by atoms with Gasteiger partial charge in [-0.25, -0.2) is 0 Å². The average molecular weight is 375 g/mol. The standard InChI is InChI=1S/C23H38N2O2/c1-22-11-9-17(24-27-14-13-25(3)4)15-16(22)5-6-18-19-7-8-21(26)23(19,2)12-10-20(18)22/h15,18-21,26H,5-14H2,1-4H3/t18-,19-,20-,21-,22-,23-/m0/s1. The summed E-state index contributed by atoms with van der Waals surface area (Å²) in [5, 5.41) is 15.0. The minimum atomic E-state index is -0.0717. The fourth-order valence-corrected chi connectivity index (χ4v) is 6.97. The van der Waals surface area contributed by atoms with Gasteiger partial charge in [0.2, 0.25) is 0 Å². The van der Waals surface area contributed by atoms with Crippen LogP contribution < -0.4 is 0 Å². The van der Waals surface area contributed by atoms with Crippen LogP contribution in [0.2, 0.25) is 0 Å². The predicted octanol–water partition coefficient (Wildman–Crippen LogP) is 4.24.